The number of likely N-dealkylation sites (tertiary alicyclic amines) is 1. The third-order valence-electron chi connectivity index (χ3n) is 4.76. The summed E-state index contributed by atoms with van der Waals surface area (Å²) in [5, 5.41) is 7.78. The summed E-state index contributed by atoms with van der Waals surface area (Å²) in [5.74, 6) is 1.17. The number of ether oxygens (including phenoxy) is 1. The minimum absolute atomic E-state index is 0.0336. The van der Waals surface area contributed by atoms with Crippen LogP contribution in [0.4, 0.5) is 0 Å². The van der Waals surface area contributed by atoms with E-state index < -0.39 is 0 Å². The molecule has 26 heavy (non-hydrogen) atoms. The van der Waals surface area contributed by atoms with Crippen LogP contribution in [0.25, 0.3) is 5.69 Å². The minimum atomic E-state index is -0.0336. The van der Waals surface area contributed by atoms with Crippen molar-refractivity contribution in [2.45, 2.75) is 26.2 Å². The van der Waals surface area contributed by atoms with Crippen LogP contribution in [0.5, 0.6) is 5.75 Å². The van der Waals surface area contributed by atoms with Crippen molar-refractivity contribution < 1.29 is 9.53 Å². The summed E-state index contributed by atoms with van der Waals surface area (Å²) in [6.45, 7) is 5.18. The first-order valence-corrected chi connectivity index (χ1v) is 9.44. The van der Waals surface area contributed by atoms with E-state index >= 15 is 0 Å². The molecule has 1 fully saturated rings. The zero-order valence-electron chi connectivity index (χ0n) is 15.6. The number of piperidine rings is 1. The van der Waals surface area contributed by atoms with E-state index in [1.165, 1.54) is 0 Å². The Bertz CT molecular complexity index is 706. The lowest BCUT2D eigenvalue weighted by molar-refractivity contribution is 0.0680. The Balaban J connectivity index is 1.79. The highest BCUT2D eigenvalue weighted by atomic mass is 16.5. The molecule has 140 valence electrons. The number of benzene rings is 1. The molecule has 0 aliphatic carbocycles. The van der Waals surface area contributed by atoms with Gasteiger partial charge in [0.05, 0.1) is 18.5 Å². The molecule has 1 aliphatic rings. The zero-order chi connectivity index (χ0) is 18.4. The quantitative estimate of drug-likeness (QED) is 0.829. The summed E-state index contributed by atoms with van der Waals surface area (Å²) in [7, 11) is 1.98. The lowest BCUT2D eigenvalue weighted by Crippen LogP contribution is -2.40. The Morgan fingerprint density at radius 2 is 2.00 bits per heavy atom. The van der Waals surface area contributed by atoms with Gasteiger partial charge in [-0.25, -0.2) is 4.68 Å². The van der Waals surface area contributed by atoms with Crippen LogP contribution in [0.3, 0.4) is 0 Å². The van der Waals surface area contributed by atoms with Gasteiger partial charge in [-0.3, -0.25) is 4.79 Å². The van der Waals surface area contributed by atoms with Gasteiger partial charge in [-0.15, -0.1) is 0 Å². The third-order valence-corrected chi connectivity index (χ3v) is 4.76. The molecular formula is C20H28N4O2. The molecule has 1 aliphatic heterocycles. The van der Waals surface area contributed by atoms with E-state index in [4.69, 9.17) is 4.74 Å². The van der Waals surface area contributed by atoms with Gasteiger partial charge in [0.25, 0.3) is 5.91 Å². The standard InChI is InChI=1S/C20H28N4O2/c1-3-13-26-18-15-24(17-7-5-4-6-8-17)22-19(18)20(25)23-11-9-16(10-12-23)14-21-2/h4-8,15-16,21H,3,9-14H2,1-2H3. The molecule has 1 aromatic heterocycles. The summed E-state index contributed by atoms with van der Waals surface area (Å²) in [5.41, 5.74) is 1.33. The number of hydrogen-bond donors (Lipinski definition) is 1. The lowest BCUT2D eigenvalue weighted by Gasteiger charge is -2.31. The molecule has 1 aromatic carbocycles. The molecule has 1 amide bonds. The predicted molar refractivity (Wildman–Crippen MR) is 102 cm³/mol. The Morgan fingerprint density at radius 1 is 1.27 bits per heavy atom. The first-order valence-electron chi connectivity index (χ1n) is 9.44. The molecule has 0 atom stereocenters. The van der Waals surface area contributed by atoms with Crippen LogP contribution in [-0.2, 0) is 0 Å². The van der Waals surface area contributed by atoms with Gasteiger partial charge in [-0.1, -0.05) is 25.1 Å². The second kappa shape index (κ2) is 8.85. The SMILES string of the molecule is CCCOc1cn(-c2ccccc2)nc1C(=O)N1CCC(CNC)CC1. The molecule has 0 bridgehead atoms. The van der Waals surface area contributed by atoms with E-state index in [0.717, 1.165) is 44.6 Å². The first-order chi connectivity index (χ1) is 12.7. The molecule has 0 spiro atoms. The zero-order valence-corrected chi connectivity index (χ0v) is 15.6. The Hall–Kier alpha value is -2.34. The normalized spacial score (nSPS) is 15.2. The van der Waals surface area contributed by atoms with E-state index in [0.29, 0.717) is 24.0 Å². The number of carbonyl (C=O) groups excluding carboxylic acids is 1. The van der Waals surface area contributed by atoms with Gasteiger partial charge in [-0.05, 0) is 50.9 Å². The third kappa shape index (κ3) is 4.25. The van der Waals surface area contributed by atoms with Crippen LogP contribution >= 0.6 is 0 Å². The highest BCUT2D eigenvalue weighted by Crippen LogP contribution is 2.24. The molecule has 1 N–H and O–H groups in total. The average molecular weight is 356 g/mol. The number of para-hydroxylation sites is 1. The number of rotatable bonds is 7. The van der Waals surface area contributed by atoms with Crippen LogP contribution in [-0.4, -0.2) is 53.9 Å². The van der Waals surface area contributed by atoms with Crippen molar-refractivity contribution in [3.63, 3.8) is 0 Å². The fraction of sp³-hybridized carbons (Fsp3) is 0.500. The van der Waals surface area contributed by atoms with Crippen LogP contribution in [0, 0.1) is 5.92 Å². The number of nitrogens with one attached hydrogen (secondary N) is 1. The van der Waals surface area contributed by atoms with E-state index in [9.17, 15) is 4.79 Å². The van der Waals surface area contributed by atoms with Crippen molar-refractivity contribution in [3.05, 3.63) is 42.2 Å². The first kappa shape index (κ1) is 18.5. The second-order valence-electron chi connectivity index (χ2n) is 6.76. The van der Waals surface area contributed by atoms with Gasteiger partial charge in [0.2, 0.25) is 0 Å². The van der Waals surface area contributed by atoms with Crippen LogP contribution in [0.2, 0.25) is 0 Å². The maximum Gasteiger partial charge on any atom is 0.278 e. The van der Waals surface area contributed by atoms with Gasteiger partial charge in [-0.2, -0.15) is 5.10 Å². The van der Waals surface area contributed by atoms with Crippen molar-refractivity contribution in [3.8, 4) is 11.4 Å². The molecule has 1 saturated heterocycles. The summed E-state index contributed by atoms with van der Waals surface area (Å²) < 4.78 is 7.55. The molecule has 0 unspecified atom stereocenters. The number of carbonyl (C=O) groups is 1. The summed E-state index contributed by atoms with van der Waals surface area (Å²) in [6, 6.07) is 9.81. The Kier molecular flexibility index (Phi) is 6.28. The van der Waals surface area contributed by atoms with Crippen LogP contribution in [0.1, 0.15) is 36.7 Å². The number of nitrogens with zero attached hydrogens (tertiary/aromatic N) is 3. The number of hydrogen-bond acceptors (Lipinski definition) is 4. The van der Waals surface area contributed by atoms with Gasteiger partial charge in [0, 0.05) is 13.1 Å². The highest BCUT2D eigenvalue weighted by Gasteiger charge is 2.28. The van der Waals surface area contributed by atoms with Crippen LogP contribution < -0.4 is 10.1 Å². The van der Waals surface area contributed by atoms with E-state index in [2.05, 4.69) is 17.3 Å². The van der Waals surface area contributed by atoms with E-state index in [1.54, 1.807) is 4.68 Å². The smallest absolute Gasteiger partial charge is 0.278 e. The fourth-order valence-electron chi connectivity index (χ4n) is 3.32. The second-order valence-corrected chi connectivity index (χ2v) is 6.76. The van der Waals surface area contributed by atoms with Crippen molar-refractivity contribution in [2.24, 2.45) is 5.92 Å². The van der Waals surface area contributed by atoms with Crippen molar-refractivity contribution >= 4 is 5.91 Å². The monoisotopic (exact) mass is 356 g/mol. The lowest BCUT2D eigenvalue weighted by atomic mass is 9.96. The van der Waals surface area contributed by atoms with Crippen molar-refractivity contribution in [1.29, 1.82) is 0 Å². The predicted octanol–water partition coefficient (Wildman–Crippen LogP) is 2.73. The average Bonchev–Trinajstić information content (AvgIpc) is 3.11. The van der Waals surface area contributed by atoms with Gasteiger partial charge < -0.3 is 15.0 Å². The van der Waals surface area contributed by atoms with Gasteiger partial charge in [0.15, 0.2) is 11.4 Å². The number of aromatic nitrogens is 2. The largest absolute Gasteiger partial charge is 0.489 e. The topological polar surface area (TPSA) is 59.4 Å². The maximum atomic E-state index is 13.0. The van der Waals surface area contributed by atoms with Gasteiger partial charge in [0.1, 0.15) is 0 Å². The molecular weight excluding hydrogens is 328 g/mol. The molecule has 3 rings (SSSR count). The van der Waals surface area contributed by atoms with E-state index in [-0.39, 0.29) is 5.91 Å². The van der Waals surface area contributed by atoms with Crippen LogP contribution in [0.15, 0.2) is 36.5 Å². The molecule has 6 nitrogen and oxygen atoms in total. The Morgan fingerprint density at radius 3 is 2.65 bits per heavy atom. The minimum Gasteiger partial charge on any atom is -0.489 e. The molecule has 2 aromatic rings. The summed E-state index contributed by atoms with van der Waals surface area (Å²) in [4.78, 5) is 15.0. The van der Waals surface area contributed by atoms with Crippen molar-refractivity contribution in [2.75, 3.05) is 33.3 Å². The molecule has 0 radical (unpaired) electrons. The van der Waals surface area contributed by atoms with Crippen molar-refractivity contribution in [1.82, 2.24) is 20.0 Å². The summed E-state index contributed by atoms with van der Waals surface area (Å²) >= 11 is 0. The number of amides is 1. The summed E-state index contributed by atoms with van der Waals surface area (Å²) in [6.07, 6.45) is 4.75. The van der Waals surface area contributed by atoms with E-state index in [1.807, 2.05) is 48.5 Å². The Labute approximate surface area is 155 Å². The molecule has 2 heterocycles. The van der Waals surface area contributed by atoms with Gasteiger partial charge >= 0.3 is 0 Å². The highest BCUT2D eigenvalue weighted by molar-refractivity contribution is 5.95. The maximum absolute atomic E-state index is 13.0. The molecule has 0 saturated carbocycles. The fourth-order valence-corrected chi connectivity index (χ4v) is 3.32. The molecule has 6 heteroatoms.